The van der Waals surface area contributed by atoms with Crippen LogP contribution < -0.4 is 10.6 Å². The van der Waals surface area contributed by atoms with Crippen molar-refractivity contribution in [3.8, 4) is 0 Å². The Hall–Kier alpha value is -1.50. The molecule has 0 fully saturated rings. The molecule has 0 aliphatic rings. The number of rotatable bonds is 9. The minimum atomic E-state index is -0.404. The Labute approximate surface area is 123 Å². The number of pyridine rings is 1. The van der Waals surface area contributed by atoms with Crippen molar-refractivity contribution >= 4 is 29.1 Å². The Bertz CT molecular complexity index is 442. The molecule has 1 aromatic heterocycles. The normalized spacial score (nSPS) is 11.9. The summed E-state index contributed by atoms with van der Waals surface area (Å²) in [6.45, 7) is 6.82. The molecular formula is C13H22N4O2S. The van der Waals surface area contributed by atoms with Gasteiger partial charge in [0.15, 0.2) is 0 Å². The molecule has 0 saturated heterocycles. The van der Waals surface area contributed by atoms with Crippen molar-refractivity contribution < 1.29 is 4.92 Å². The highest BCUT2D eigenvalue weighted by molar-refractivity contribution is 7.99. The smallest absolute Gasteiger partial charge is 0.311 e. The van der Waals surface area contributed by atoms with Crippen molar-refractivity contribution in [2.45, 2.75) is 33.2 Å². The van der Waals surface area contributed by atoms with E-state index in [0.717, 1.165) is 24.5 Å². The zero-order valence-electron chi connectivity index (χ0n) is 12.2. The fourth-order valence-electron chi connectivity index (χ4n) is 1.69. The van der Waals surface area contributed by atoms with Crippen molar-refractivity contribution in [3.63, 3.8) is 0 Å². The highest BCUT2D eigenvalue weighted by Crippen LogP contribution is 2.25. The summed E-state index contributed by atoms with van der Waals surface area (Å²) in [6.07, 6.45) is 0.947. The second-order valence-electron chi connectivity index (χ2n) is 4.38. The van der Waals surface area contributed by atoms with E-state index in [1.165, 1.54) is 6.07 Å². The molecule has 2 N–H and O–H groups in total. The molecule has 0 radical (unpaired) electrons. The van der Waals surface area contributed by atoms with Gasteiger partial charge in [-0.15, -0.1) is 0 Å². The van der Waals surface area contributed by atoms with Gasteiger partial charge in [-0.25, -0.2) is 4.98 Å². The van der Waals surface area contributed by atoms with Crippen LogP contribution in [0.4, 0.5) is 17.3 Å². The van der Waals surface area contributed by atoms with Crippen LogP contribution in [0.1, 0.15) is 27.2 Å². The van der Waals surface area contributed by atoms with E-state index in [4.69, 9.17) is 0 Å². The third-order valence-electron chi connectivity index (χ3n) is 2.71. The van der Waals surface area contributed by atoms with Gasteiger partial charge in [0, 0.05) is 18.7 Å². The van der Waals surface area contributed by atoms with Crippen LogP contribution in [-0.4, -0.2) is 34.0 Å². The van der Waals surface area contributed by atoms with E-state index in [9.17, 15) is 10.1 Å². The topological polar surface area (TPSA) is 80.1 Å². The summed E-state index contributed by atoms with van der Waals surface area (Å²) in [6, 6.07) is 3.27. The van der Waals surface area contributed by atoms with Crippen LogP contribution in [0, 0.1) is 10.1 Å². The molecule has 1 atom stereocenters. The molecule has 0 saturated carbocycles. The number of nitrogens with zero attached hydrogens (tertiary/aromatic N) is 2. The fourth-order valence-corrected chi connectivity index (χ4v) is 2.50. The Morgan fingerprint density at radius 2 is 2.20 bits per heavy atom. The lowest BCUT2D eigenvalue weighted by Gasteiger charge is -2.15. The van der Waals surface area contributed by atoms with Crippen molar-refractivity contribution in [2.75, 3.05) is 28.7 Å². The molecule has 0 spiro atoms. The minimum Gasteiger partial charge on any atom is -0.370 e. The Morgan fingerprint density at radius 1 is 1.45 bits per heavy atom. The first-order valence-corrected chi connectivity index (χ1v) is 7.97. The van der Waals surface area contributed by atoms with Crippen LogP contribution in [0.3, 0.4) is 0 Å². The van der Waals surface area contributed by atoms with Crippen LogP contribution >= 0.6 is 11.8 Å². The lowest BCUT2D eigenvalue weighted by atomic mass is 10.2. The van der Waals surface area contributed by atoms with Gasteiger partial charge in [-0.2, -0.15) is 11.8 Å². The Morgan fingerprint density at radius 3 is 2.80 bits per heavy atom. The van der Waals surface area contributed by atoms with Crippen LogP contribution in [-0.2, 0) is 0 Å². The van der Waals surface area contributed by atoms with Crippen molar-refractivity contribution in [2.24, 2.45) is 0 Å². The van der Waals surface area contributed by atoms with Gasteiger partial charge in [0.25, 0.3) is 0 Å². The van der Waals surface area contributed by atoms with Gasteiger partial charge < -0.3 is 10.6 Å². The van der Waals surface area contributed by atoms with Crippen molar-refractivity contribution in [1.82, 2.24) is 4.98 Å². The van der Waals surface area contributed by atoms with E-state index >= 15 is 0 Å². The SMILES string of the molecule is CCNc1ccc([N+](=O)[O-])c(NC(C)CCSCC)n1. The Kier molecular flexibility index (Phi) is 7.14. The van der Waals surface area contributed by atoms with Crippen molar-refractivity contribution in [1.29, 1.82) is 0 Å². The van der Waals surface area contributed by atoms with Crippen LogP contribution in [0.2, 0.25) is 0 Å². The molecule has 0 bridgehead atoms. The predicted molar refractivity (Wildman–Crippen MR) is 85.8 cm³/mol. The van der Waals surface area contributed by atoms with Gasteiger partial charge in [-0.3, -0.25) is 10.1 Å². The summed E-state index contributed by atoms with van der Waals surface area (Å²) in [4.78, 5) is 14.9. The van der Waals surface area contributed by atoms with Gasteiger partial charge in [0.2, 0.25) is 5.82 Å². The van der Waals surface area contributed by atoms with Gasteiger partial charge >= 0.3 is 5.69 Å². The summed E-state index contributed by atoms with van der Waals surface area (Å²) in [5.41, 5.74) is 0.0154. The van der Waals surface area contributed by atoms with E-state index in [2.05, 4.69) is 22.5 Å². The molecule has 1 aromatic rings. The minimum absolute atomic E-state index is 0.0154. The predicted octanol–water partition coefficient (Wildman–Crippen LogP) is 3.37. The maximum atomic E-state index is 11.0. The lowest BCUT2D eigenvalue weighted by Crippen LogP contribution is -2.18. The quantitative estimate of drug-likeness (QED) is 0.413. The zero-order chi connectivity index (χ0) is 15.0. The fraction of sp³-hybridized carbons (Fsp3) is 0.615. The summed E-state index contributed by atoms with van der Waals surface area (Å²) in [5, 5.41) is 17.2. The molecule has 7 heteroatoms. The molecule has 1 heterocycles. The van der Waals surface area contributed by atoms with Gasteiger partial charge in [0.1, 0.15) is 5.82 Å². The Balaban J connectivity index is 2.78. The third-order valence-corrected chi connectivity index (χ3v) is 3.64. The molecule has 20 heavy (non-hydrogen) atoms. The van der Waals surface area contributed by atoms with Gasteiger partial charge in [0.05, 0.1) is 4.92 Å². The standard InChI is InChI=1S/C13H22N4O2S/c1-4-14-12-7-6-11(17(18)19)13(16-12)15-10(3)8-9-20-5-2/h6-7,10H,4-5,8-9H2,1-3H3,(H2,14,15,16). The molecule has 0 aromatic carbocycles. The first-order valence-electron chi connectivity index (χ1n) is 6.82. The number of aromatic nitrogens is 1. The van der Waals surface area contributed by atoms with Crippen LogP contribution in [0.15, 0.2) is 12.1 Å². The van der Waals surface area contributed by atoms with E-state index < -0.39 is 4.92 Å². The monoisotopic (exact) mass is 298 g/mol. The summed E-state index contributed by atoms with van der Waals surface area (Å²) in [7, 11) is 0. The molecular weight excluding hydrogens is 276 g/mol. The van der Waals surface area contributed by atoms with E-state index in [0.29, 0.717) is 11.6 Å². The molecule has 0 aliphatic heterocycles. The summed E-state index contributed by atoms with van der Waals surface area (Å²) in [5.74, 6) is 3.10. The highest BCUT2D eigenvalue weighted by Gasteiger charge is 2.17. The lowest BCUT2D eigenvalue weighted by molar-refractivity contribution is -0.384. The maximum Gasteiger partial charge on any atom is 0.311 e. The molecule has 112 valence electrons. The number of hydrogen-bond donors (Lipinski definition) is 2. The molecule has 1 rings (SSSR count). The number of thioether (sulfide) groups is 1. The number of anilines is 2. The first kappa shape index (κ1) is 16.6. The van der Waals surface area contributed by atoms with Crippen LogP contribution in [0.25, 0.3) is 0 Å². The first-order chi connectivity index (χ1) is 9.58. The maximum absolute atomic E-state index is 11.0. The van der Waals surface area contributed by atoms with E-state index in [-0.39, 0.29) is 11.7 Å². The van der Waals surface area contributed by atoms with Gasteiger partial charge in [-0.05, 0) is 37.8 Å². The number of nitro groups is 1. The summed E-state index contributed by atoms with van der Waals surface area (Å²) >= 11 is 1.86. The molecule has 1 unspecified atom stereocenters. The summed E-state index contributed by atoms with van der Waals surface area (Å²) < 4.78 is 0. The number of nitrogens with one attached hydrogen (secondary N) is 2. The number of hydrogen-bond acceptors (Lipinski definition) is 6. The second-order valence-corrected chi connectivity index (χ2v) is 5.78. The highest BCUT2D eigenvalue weighted by atomic mass is 32.2. The van der Waals surface area contributed by atoms with E-state index in [1.54, 1.807) is 6.07 Å². The molecule has 6 nitrogen and oxygen atoms in total. The largest absolute Gasteiger partial charge is 0.370 e. The van der Waals surface area contributed by atoms with E-state index in [1.807, 2.05) is 25.6 Å². The average Bonchev–Trinajstić information content (AvgIpc) is 2.39. The van der Waals surface area contributed by atoms with Crippen molar-refractivity contribution in [3.05, 3.63) is 22.2 Å². The molecule has 0 aliphatic carbocycles. The second kappa shape index (κ2) is 8.63. The third kappa shape index (κ3) is 5.24. The zero-order valence-corrected chi connectivity index (χ0v) is 13.0. The van der Waals surface area contributed by atoms with Crippen LogP contribution in [0.5, 0.6) is 0 Å². The average molecular weight is 298 g/mol. The van der Waals surface area contributed by atoms with Gasteiger partial charge in [-0.1, -0.05) is 6.92 Å². The molecule has 0 amide bonds.